The molecule has 0 heterocycles. The molecule has 0 radical (unpaired) electrons. The molecule has 0 spiro atoms. The van der Waals surface area contributed by atoms with Gasteiger partial charge in [-0.3, -0.25) is 0 Å². The van der Waals surface area contributed by atoms with Crippen molar-refractivity contribution in [2.75, 3.05) is 7.11 Å². The summed E-state index contributed by atoms with van der Waals surface area (Å²) in [7, 11) is 1.42. The summed E-state index contributed by atoms with van der Waals surface area (Å²) in [5, 5.41) is 0.313. The SMILES string of the molecule is COc1c(Cl)ccc(CC(C)(C)C)c1F. The van der Waals surface area contributed by atoms with Gasteiger partial charge in [-0.1, -0.05) is 38.4 Å². The molecule has 0 saturated carbocycles. The Kier molecular flexibility index (Phi) is 3.61. The lowest BCUT2D eigenvalue weighted by Crippen LogP contribution is -2.11. The third kappa shape index (κ3) is 3.10. The third-order valence-corrected chi connectivity index (χ3v) is 2.35. The van der Waals surface area contributed by atoms with Gasteiger partial charge in [0.25, 0.3) is 0 Å². The Morgan fingerprint density at radius 1 is 1.33 bits per heavy atom. The minimum absolute atomic E-state index is 0.0414. The van der Waals surface area contributed by atoms with Crippen molar-refractivity contribution in [3.8, 4) is 5.75 Å². The molecule has 1 aromatic carbocycles. The van der Waals surface area contributed by atoms with E-state index >= 15 is 0 Å². The van der Waals surface area contributed by atoms with Crippen LogP contribution in [0.4, 0.5) is 4.39 Å². The van der Waals surface area contributed by atoms with Crippen LogP contribution in [0.5, 0.6) is 5.75 Å². The first kappa shape index (κ1) is 12.3. The van der Waals surface area contributed by atoms with Gasteiger partial charge in [0.1, 0.15) is 0 Å². The topological polar surface area (TPSA) is 9.23 Å². The number of hydrogen-bond acceptors (Lipinski definition) is 1. The van der Waals surface area contributed by atoms with E-state index in [2.05, 4.69) is 20.8 Å². The van der Waals surface area contributed by atoms with Crippen molar-refractivity contribution >= 4 is 11.6 Å². The molecule has 0 saturated heterocycles. The van der Waals surface area contributed by atoms with Crippen molar-refractivity contribution in [2.24, 2.45) is 5.41 Å². The monoisotopic (exact) mass is 230 g/mol. The van der Waals surface area contributed by atoms with Crippen molar-refractivity contribution in [1.82, 2.24) is 0 Å². The molecule has 0 aliphatic rings. The van der Waals surface area contributed by atoms with Crippen molar-refractivity contribution in [1.29, 1.82) is 0 Å². The van der Waals surface area contributed by atoms with Gasteiger partial charge >= 0.3 is 0 Å². The first-order valence-electron chi connectivity index (χ1n) is 4.86. The zero-order valence-electron chi connectivity index (χ0n) is 9.53. The molecule has 0 unspecified atom stereocenters. The Morgan fingerprint density at radius 3 is 2.40 bits per heavy atom. The predicted octanol–water partition coefficient (Wildman–Crippen LogP) is 4.08. The lowest BCUT2D eigenvalue weighted by atomic mass is 9.88. The third-order valence-electron chi connectivity index (χ3n) is 2.05. The average molecular weight is 231 g/mol. The zero-order chi connectivity index (χ0) is 11.6. The van der Waals surface area contributed by atoms with E-state index in [9.17, 15) is 4.39 Å². The van der Waals surface area contributed by atoms with E-state index in [1.54, 1.807) is 12.1 Å². The highest BCUT2D eigenvalue weighted by molar-refractivity contribution is 6.32. The number of hydrogen-bond donors (Lipinski definition) is 0. The van der Waals surface area contributed by atoms with Crippen LogP contribution in [-0.4, -0.2) is 7.11 Å². The van der Waals surface area contributed by atoms with Crippen molar-refractivity contribution in [3.05, 3.63) is 28.5 Å². The fourth-order valence-electron chi connectivity index (χ4n) is 1.47. The van der Waals surface area contributed by atoms with E-state index < -0.39 is 0 Å². The lowest BCUT2D eigenvalue weighted by molar-refractivity contribution is 0.370. The standard InChI is InChI=1S/C12H16ClFO/c1-12(2,3)7-8-5-6-9(13)11(15-4)10(8)14/h5-6H,7H2,1-4H3. The quantitative estimate of drug-likeness (QED) is 0.744. The minimum Gasteiger partial charge on any atom is -0.492 e. The fraction of sp³-hybridized carbons (Fsp3) is 0.500. The molecule has 0 aromatic heterocycles. The zero-order valence-corrected chi connectivity index (χ0v) is 10.3. The Balaban J connectivity index is 3.11. The van der Waals surface area contributed by atoms with Crippen LogP contribution >= 0.6 is 11.6 Å². The molecular weight excluding hydrogens is 215 g/mol. The molecule has 0 fully saturated rings. The first-order valence-corrected chi connectivity index (χ1v) is 5.24. The maximum absolute atomic E-state index is 13.9. The minimum atomic E-state index is -0.347. The molecule has 0 amide bonds. The second-order valence-electron chi connectivity index (χ2n) is 4.79. The van der Waals surface area contributed by atoms with Crippen molar-refractivity contribution in [3.63, 3.8) is 0 Å². The Bertz CT molecular complexity index is 355. The van der Waals surface area contributed by atoms with Gasteiger partial charge in [-0.05, 0) is 23.5 Å². The molecule has 1 aromatic rings. The Morgan fingerprint density at radius 2 is 1.93 bits per heavy atom. The van der Waals surface area contributed by atoms with E-state index in [-0.39, 0.29) is 17.0 Å². The second-order valence-corrected chi connectivity index (χ2v) is 5.20. The van der Waals surface area contributed by atoms with Gasteiger partial charge in [0, 0.05) is 0 Å². The number of ether oxygens (including phenoxy) is 1. The summed E-state index contributed by atoms with van der Waals surface area (Å²) in [6.45, 7) is 6.19. The van der Waals surface area contributed by atoms with Crippen molar-refractivity contribution in [2.45, 2.75) is 27.2 Å². The van der Waals surface area contributed by atoms with Gasteiger partial charge in [0.05, 0.1) is 12.1 Å². The molecule has 0 aliphatic heterocycles. The van der Waals surface area contributed by atoms with Crippen LogP contribution < -0.4 is 4.74 Å². The molecular formula is C12H16ClFO. The van der Waals surface area contributed by atoms with E-state index in [1.807, 2.05) is 0 Å². The van der Waals surface area contributed by atoms with Crippen LogP contribution in [0.3, 0.4) is 0 Å². The molecule has 1 nitrogen and oxygen atoms in total. The second kappa shape index (κ2) is 4.40. The molecule has 0 aliphatic carbocycles. The number of halogens is 2. The largest absolute Gasteiger partial charge is 0.492 e. The Hall–Kier alpha value is -0.760. The van der Waals surface area contributed by atoms with Gasteiger partial charge in [-0.25, -0.2) is 4.39 Å². The normalized spacial score (nSPS) is 11.6. The van der Waals surface area contributed by atoms with E-state index in [1.165, 1.54) is 7.11 Å². The first-order chi connectivity index (χ1) is 6.85. The van der Waals surface area contributed by atoms with E-state index in [4.69, 9.17) is 16.3 Å². The van der Waals surface area contributed by atoms with Gasteiger partial charge < -0.3 is 4.74 Å². The van der Waals surface area contributed by atoms with E-state index in [0.29, 0.717) is 17.0 Å². The molecule has 3 heteroatoms. The summed E-state index contributed by atoms with van der Waals surface area (Å²) in [5.74, 6) is -0.210. The van der Waals surface area contributed by atoms with Crippen LogP contribution in [-0.2, 0) is 6.42 Å². The van der Waals surface area contributed by atoms with Crippen LogP contribution in [0.2, 0.25) is 5.02 Å². The smallest absolute Gasteiger partial charge is 0.173 e. The van der Waals surface area contributed by atoms with Crippen LogP contribution in [0.25, 0.3) is 0 Å². The number of rotatable bonds is 2. The molecule has 0 bridgehead atoms. The summed E-state index contributed by atoms with van der Waals surface area (Å²) in [4.78, 5) is 0. The summed E-state index contributed by atoms with van der Waals surface area (Å²) >= 11 is 5.81. The van der Waals surface area contributed by atoms with Gasteiger partial charge in [0.15, 0.2) is 11.6 Å². The summed E-state index contributed by atoms with van der Waals surface area (Å²) < 4.78 is 18.8. The highest BCUT2D eigenvalue weighted by atomic mass is 35.5. The maximum atomic E-state index is 13.9. The summed E-state index contributed by atoms with van der Waals surface area (Å²) in [5.41, 5.74) is 0.684. The maximum Gasteiger partial charge on any atom is 0.173 e. The van der Waals surface area contributed by atoms with Gasteiger partial charge in [-0.2, -0.15) is 0 Å². The molecule has 1 rings (SSSR count). The average Bonchev–Trinajstić information content (AvgIpc) is 2.09. The summed E-state index contributed by atoms with van der Waals surface area (Å²) in [6, 6.07) is 3.38. The lowest BCUT2D eigenvalue weighted by Gasteiger charge is -2.19. The van der Waals surface area contributed by atoms with E-state index in [0.717, 1.165) is 0 Å². The van der Waals surface area contributed by atoms with Gasteiger partial charge in [0.2, 0.25) is 0 Å². The highest BCUT2D eigenvalue weighted by Gasteiger charge is 2.18. The van der Waals surface area contributed by atoms with Crippen LogP contribution in [0, 0.1) is 11.2 Å². The molecule has 0 N–H and O–H groups in total. The summed E-state index contributed by atoms with van der Waals surface area (Å²) in [6.07, 6.45) is 0.659. The number of benzene rings is 1. The predicted molar refractivity (Wildman–Crippen MR) is 61.1 cm³/mol. The van der Waals surface area contributed by atoms with Crippen LogP contribution in [0.1, 0.15) is 26.3 Å². The van der Waals surface area contributed by atoms with Crippen molar-refractivity contribution < 1.29 is 9.13 Å². The fourth-order valence-corrected chi connectivity index (χ4v) is 1.69. The highest BCUT2D eigenvalue weighted by Crippen LogP contribution is 2.32. The molecule has 15 heavy (non-hydrogen) atoms. The van der Waals surface area contributed by atoms with Gasteiger partial charge in [-0.15, -0.1) is 0 Å². The van der Waals surface area contributed by atoms with Crippen LogP contribution in [0.15, 0.2) is 12.1 Å². The molecule has 0 atom stereocenters. The number of methoxy groups -OCH3 is 1. The Labute approximate surface area is 95.2 Å². The molecule has 84 valence electrons.